The highest BCUT2D eigenvalue weighted by Gasteiger charge is 2.33. The van der Waals surface area contributed by atoms with E-state index in [9.17, 15) is 18.0 Å². The number of hydrogen-bond donors (Lipinski definition) is 1. The number of carbonyl (C=O) groups excluding carboxylic acids is 1. The van der Waals surface area contributed by atoms with Crippen LogP contribution in [0.2, 0.25) is 0 Å². The molecule has 0 radical (unpaired) electrons. The maximum absolute atomic E-state index is 12.8. The third kappa shape index (κ3) is 4.18. The standard InChI is InChI=1S/C20H21F3N2O2/c1-27-16-5-2-13(3-6-16)14-8-10-25(11-9-14)19(26)15-4-7-17(18(24)12-15)20(21,22)23/h2-7,12,14H,8-11,24H2,1H3. The molecule has 0 aliphatic carbocycles. The topological polar surface area (TPSA) is 55.6 Å². The fourth-order valence-electron chi connectivity index (χ4n) is 3.43. The summed E-state index contributed by atoms with van der Waals surface area (Å²) in [4.78, 5) is 14.3. The Balaban J connectivity index is 1.65. The van der Waals surface area contributed by atoms with E-state index < -0.39 is 17.4 Å². The zero-order valence-corrected chi connectivity index (χ0v) is 14.9. The number of nitrogens with two attached hydrogens (primary N) is 1. The number of piperidine rings is 1. The second-order valence-corrected chi connectivity index (χ2v) is 6.64. The number of amides is 1. The summed E-state index contributed by atoms with van der Waals surface area (Å²) in [6.45, 7) is 1.10. The van der Waals surface area contributed by atoms with E-state index >= 15 is 0 Å². The highest BCUT2D eigenvalue weighted by molar-refractivity contribution is 5.95. The van der Waals surface area contributed by atoms with E-state index in [1.54, 1.807) is 12.0 Å². The highest BCUT2D eigenvalue weighted by Crippen LogP contribution is 2.34. The van der Waals surface area contributed by atoms with E-state index in [0.29, 0.717) is 19.0 Å². The molecule has 0 bridgehead atoms. The predicted molar refractivity (Wildman–Crippen MR) is 96.7 cm³/mol. The molecule has 0 unspecified atom stereocenters. The van der Waals surface area contributed by atoms with Crippen LogP contribution >= 0.6 is 0 Å². The van der Waals surface area contributed by atoms with Crippen molar-refractivity contribution in [2.75, 3.05) is 25.9 Å². The van der Waals surface area contributed by atoms with Gasteiger partial charge in [-0.1, -0.05) is 12.1 Å². The van der Waals surface area contributed by atoms with Crippen LogP contribution in [0, 0.1) is 0 Å². The predicted octanol–water partition coefficient (Wildman–Crippen LogP) is 4.32. The van der Waals surface area contributed by atoms with Crippen LogP contribution in [0.15, 0.2) is 42.5 Å². The Labute approximate surface area is 155 Å². The first-order valence-corrected chi connectivity index (χ1v) is 8.69. The fourth-order valence-corrected chi connectivity index (χ4v) is 3.43. The van der Waals surface area contributed by atoms with Crippen molar-refractivity contribution < 1.29 is 22.7 Å². The molecule has 0 spiro atoms. The Morgan fingerprint density at radius 1 is 1.11 bits per heavy atom. The van der Waals surface area contributed by atoms with Crippen LogP contribution in [0.3, 0.4) is 0 Å². The van der Waals surface area contributed by atoms with Gasteiger partial charge in [0.25, 0.3) is 5.91 Å². The molecule has 1 aliphatic rings. The zero-order chi connectivity index (χ0) is 19.6. The molecule has 1 aliphatic heterocycles. The Kier molecular flexibility index (Phi) is 5.30. The number of hydrogen-bond acceptors (Lipinski definition) is 3. The van der Waals surface area contributed by atoms with Gasteiger partial charge in [-0.15, -0.1) is 0 Å². The maximum atomic E-state index is 12.8. The van der Waals surface area contributed by atoms with Gasteiger partial charge in [0.2, 0.25) is 0 Å². The summed E-state index contributed by atoms with van der Waals surface area (Å²) in [7, 11) is 1.62. The molecule has 3 rings (SSSR count). The molecule has 144 valence electrons. The van der Waals surface area contributed by atoms with Gasteiger partial charge < -0.3 is 15.4 Å². The molecule has 2 aromatic carbocycles. The molecular weight excluding hydrogens is 357 g/mol. The normalized spacial score (nSPS) is 15.6. The minimum atomic E-state index is -4.53. The lowest BCUT2D eigenvalue weighted by molar-refractivity contribution is -0.136. The third-order valence-corrected chi connectivity index (χ3v) is 4.97. The molecule has 1 saturated heterocycles. The first kappa shape index (κ1) is 19.1. The number of anilines is 1. The smallest absolute Gasteiger partial charge is 0.418 e. The average Bonchev–Trinajstić information content (AvgIpc) is 2.66. The van der Waals surface area contributed by atoms with Crippen molar-refractivity contribution in [1.82, 2.24) is 4.90 Å². The van der Waals surface area contributed by atoms with Crippen LogP contribution in [-0.4, -0.2) is 31.0 Å². The van der Waals surface area contributed by atoms with Crippen molar-refractivity contribution in [1.29, 1.82) is 0 Å². The quantitative estimate of drug-likeness (QED) is 0.810. The lowest BCUT2D eigenvalue weighted by Gasteiger charge is -2.32. The molecule has 0 aromatic heterocycles. The highest BCUT2D eigenvalue weighted by atomic mass is 19.4. The molecule has 7 heteroatoms. The van der Waals surface area contributed by atoms with Gasteiger partial charge in [0.15, 0.2) is 0 Å². The van der Waals surface area contributed by atoms with E-state index in [-0.39, 0.29) is 11.5 Å². The van der Waals surface area contributed by atoms with E-state index in [2.05, 4.69) is 0 Å². The third-order valence-electron chi connectivity index (χ3n) is 4.97. The van der Waals surface area contributed by atoms with Gasteiger partial charge in [-0.2, -0.15) is 13.2 Å². The van der Waals surface area contributed by atoms with Crippen molar-refractivity contribution in [3.8, 4) is 5.75 Å². The van der Waals surface area contributed by atoms with Crippen LogP contribution < -0.4 is 10.5 Å². The molecule has 0 saturated carbocycles. The Morgan fingerprint density at radius 2 is 1.74 bits per heavy atom. The summed E-state index contributed by atoms with van der Waals surface area (Å²) in [6, 6.07) is 11.1. The van der Waals surface area contributed by atoms with E-state index in [0.717, 1.165) is 30.7 Å². The van der Waals surface area contributed by atoms with Gasteiger partial charge in [0.1, 0.15) is 5.75 Å². The van der Waals surface area contributed by atoms with Gasteiger partial charge >= 0.3 is 6.18 Å². The number of rotatable bonds is 3. The van der Waals surface area contributed by atoms with Crippen LogP contribution in [0.1, 0.15) is 40.2 Å². The maximum Gasteiger partial charge on any atom is 0.418 e. The Hall–Kier alpha value is -2.70. The lowest BCUT2D eigenvalue weighted by Crippen LogP contribution is -2.38. The summed E-state index contributed by atoms with van der Waals surface area (Å²) in [6.07, 6.45) is -2.93. The molecule has 0 atom stereocenters. The number of ether oxygens (including phenoxy) is 1. The number of nitrogen functional groups attached to an aromatic ring is 1. The minimum Gasteiger partial charge on any atom is -0.497 e. The zero-order valence-electron chi connectivity index (χ0n) is 14.9. The summed E-state index contributed by atoms with van der Waals surface area (Å²) < 4.78 is 43.6. The largest absolute Gasteiger partial charge is 0.497 e. The molecule has 1 heterocycles. The summed E-state index contributed by atoms with van der Waals surface area (Å²) in [5.74, 6) is 0.854. The van der Waals surface area contributed by atoms with E-state index in [1.165, 1.54) is 11.6 Å². The van der Waals surface area contributed by atoms with Gasteiger partial charge in [-0.05, 0) is 54.7 Å². The minimum absolute atomic E-state index is 0.184. The molecule has 1 fully saturated rings. The van der Waals surface area contributed by atoms with Crippen molar-refractivity contribution in [3.63, 3.8) is 0 Å². The number of carbonyl (C=O) groups is 1. The number of likely N-dealkylation sites (tertiary alicyclic amines) is 1. The summed E-state index contributed by atoms with van der Waals surface area (Å²) >= 11 is 0. The van der Waals surface area contributed by atoms with Crippen molar-refractivity contribution in [3.05, 3.63) is 59.2 Å². The van der Waals surface area contributed by atoms with E-state index in [1.807, 2.05) is 24.3 Å². The number of alkyl halides is 3. The second-order valence-electron chi connectivity index (χ2n) is 6.64. The van der Waals surface area contributed by atoms with Crippen molar-refractivity contribution in [2.24, 2.45) is 0 Å². The number of benzene rings is 2. The first-order chi connectivity index (χ1) is 12.8. The monoisotopic (exact) mass is 378 g/mol. The summed E-state index contributed by atoms with van der Waals surface area (Å²) in [5, 5.41) is 0. The van der Waals surface area contributed by atoms with Gasteiger partial charge in [0, 0.05) is 24.3 Å². The fraction of sp³-hybridized carbons (Fsp3) is 0.350. The summed E-state index contributed by atoms with van der Waals surface area (Å²) in [5.41, 5.74) is 5.53. The van der Waals surface area contributed by atoms with Crippen molar-refractivity contribution >= 4 is 11.6 Å². The number of nitrogens with zero attached hydrogens (tertiary/aromatic N) is 1. The average molecular weight is 378 g/mol. The van der Waals surface area contributed by atoms with Gasteiger partial charge in [-0.3, -0.25) is 4.79 Å². The van der Waals surface area contributed by atoms with E-state index in [4.69, 9.17) is 10.5 Å². The second kappa shape index (κ2) is 7.50. The SMILES string of the molecule is COc1ccc(C2CCN(C(=O)c3ccc(C(F)(F)F)c(N)c3)CC2)cc1. The van der Waals surface area contributed by atoms with Gasteiger partial charge in [-0.25, -0.2) is 0 Å². The first-order valence-electron chi connectivity index (χ1n) is 8.69. The number of halogens is 3. The van der Waals surface area contributed by atoms with Crippen molar-refractivity contribution in [2.45, 2.75) is 24.9 Å². The van der Waals surface area contributed by atoms with Crippen LogP contribution in [0.25, 0.3) is 0 Å². The molecule has 4 nitrogen and oxygen atoms in total. The van der Waals surface area contributed by atoms with Crippen LogP contribution in [-0.2, 0) is 6.18 Å². The number of methoxy groups -OCH3 is 1. The molecular formula is C20H21F3N2O2. The molecule has 27 heavy (non-hydrogen) atoms. The lowest BCUT2D eigenvalue weighted by atomic mass is 9.89. The van der Waals surface area contributed by atoms with Gasteiger partial charge in [0.05, 0.1) is 12.7 Å². The molecule has 2 aromatic rings. The molecule has 2 N–H and O–H groups in total. The van der Waals surface area contributed by atoms with Crippen LogP contribution in [0.5, 0.6) is 5.75 Å². The molecule has 1 amide bonds. The Bertz CT molecular complexity index is 811. The Morgan fingerprint density at radius 3 is 2.26 bits per heavy atom. The van der Waals surface area contributed by atoms with Crippen LogP contribution in [0.4, 0.5) is 18.9 Å².